The molecule has 158 valence electrons. The summed E-state index contributed by atoms with van der Waals surface area (Å²) in [7, 11) is -3.91. The molecule has 0 aliphatic carbocycles. The fourth-order valence-electron chi connectivity index (χ4n) is 3.50. The average Bonchev–Trinajstić information content (AvgIpc) is 3.13. The van der Waals surface area contributed by atoms with Crippen LogP contribution in [0.4, 0.5) is 0 Å². The van der Waals surface area contributed by atoms with Gasteiger partial charge in [-0.1, -0.05) is 18.2 Å². The van der Waals surface area contributed by atoms with E-state index in [0.29, 0.717) is 16.7 Å². The van der Waals surface area contributed by atoms with Crippen LogP contribution in [0.25, 0.3) is 10.9 Å². The molecule has 30 heavy (non-hydrogen) atoms. The van der Waals surface area contributed by atoms with Crippen molar-refractivity contribution in [2.24, 2.45) is 0 Å². The van der Waals surface area contributed by atoms with E-state index < -0.39 is 16.1 Å². The van der Waals surface area contributed by atoms with Gasteiger partial charge < -0.3 is 14.5 Å². The minimum Gasteiger partial charge on any atom is -0.491 e. The van der Waals surface area contributed by atoms with Crippen molar-refractivity contribution in [3.63, 3.8) is 0 Å². The summed E-state index contributed by atoms with van der Waals surface area (Å²) < 4.78 is 40.9. The summed E-state index contributed by atoms with van der Waals surface area (Å²) in [6.07, 6.45) is -0.403. The number of hydrogen-bond donors (Lipinski definition) is 1. The highest BCUT2D eigenvalue weighted by molar-refractivity contribution is 14.1. The molecule has 1 saturated heterocycles. The van der Waals surface area contributed by atoms with Crippen LogP contribution in [0.2, 0.25) is 0 Å². The number of aromatic amines is 1. The van der Waals surface area contributed by atoms with Gasteiger partial charge in [0, 0.05) is 34.5 Å². The predicted octanol–water partition coefficient (Wildman–Crippen LogP) is 3.44. The van der Waals surface area contributed by atoms with Crippen LogP contribution < -0.4 is 4.74 Å². The zero-order valence-electron chi connectivity index (χ0n) is 16.3. The molecule has 1 aliphatic rings. The van der Waals surface area contributed by atoms with Crippen LogP contribution in [0.3, 0.4) is 0 Å². The molecule has 3 aromatic rings. The highest BCUT2D eigenvalue weighted by Gasteiger charge is 2.35. The van der Waals surface area contributed by atoms with E-state index >= 15 is 0 Å². The van der Waals surface area contributed by atoms with Crippen molar-refractivity contribution < 1.29 is 22.7 Å². The maximum Gasteiger partial charge on any atom is 0.246 e. The van der Waals surface area contributed by atoms with Crippen molar-refractivity contribution in [1.82, 2.24) is 9.29 Å². The summed E-state index contributed by atoms with van der Waals surface area (Å²) in [5.74, 6) is 0.378. The Morgan fingerprint density at radius 1 is 1.27 bits per heavy atom. The summed E-state index contributed by atoms with van der Waals surface area (Å²) in [6, 6.07) is 14.7. The quantitative estimate of drug-likeness (QED) is 0.383. The number of nitrogens with one attached hydrogen (secondary N) is 1. The molecular weight excluding hydrogens is 519 g/mol. The number of benzene rings is 2. The molecule has 0 amide bonds. The van der Waals surface area contributed by atoms with E-state index in [1.807, 2.05) is 36.4 Å². The topological polar surface area (TPSA) is 88.7 Å². The van der Waals surface area contributed by atoms with Gasteiger partial charge in [0.25, 0.3) is 0 Å². The van der Waals surface area contributed by atoms with E-state index in [1.165, 1.54) is 11.2 Å². The number of H-pyrrole nitrogens is 1. The monoisotopic (exact) mass is 540 g/mol. The standard InChI is InChI=1S/C21H21IN2O5S/c1-14(25)20-21(18-11-15(22)7-8-19(18)23-20)30(26,27)24-9-10-28-17(12-24)13-29-16-5-3-2-4-6-16/h2-8,11,17,23H,9-10,12-13H2,1H3/t17-/m0/s1. The average molecular weight is 540 g/mol. The normalized spacial score (nSPS) is 17.9. The van der Waals surface area contributed by atoms with Gasteiger partial charge in [-0.05, 0) is 52.9 Å². The number of carbonyl (C=O) groups is 1. The van der Waals surface area contributed by atoms with Gasteiger partial charge in [0.15, 0.2) is 5.78 Å². The van der Waals surface area contributed by atoms with Gasteiger partial charge in [-0.3, -0.25) is 4.79 Å². The van der Waals surface area contributed by atoms with Gasteiger partial charge in [0.05, 0.1) is 6.61 Å². The molecule has 0 saturated carbocycles. The molecule has 1 fully saturated rings. The van der Waals surface area contributed by atoms with Gasteiger partial charge in [-0.2, -0.15) is 4.31 Å². The Morgan fingerprint density at radius 2 is 2.03 bits per heavy atom. The second kappa shape index (κ2) is 8.66. The van der Waals surface area contributed by atoms with Crippen LogP contribution in [0.1, 0.15) is 17.4 Å². The highest BCUT2D eigenvalue weighted by Crippen LogP contribution is 2.32. The number of sulfonamides is 1. The van der Waals surface area contributed by atoms with Gasteiger partial charge in [0.2, 0.25) is 10.0 Å². The van der Waals surface area contributed by atoms with Crippen LogP contribution in [0.5, 0.6) is 5.75 Å². The maximum atomic E-state index is 13.6. The molecule has 1 aliphatic heterocycles. The molecule has 0 radical (unpaired) electrons. The third kappa shape index (κ3) is 4.25. The molecule has 9 heteroatoms. The van der Waals surface area contributed by atoms with Crippen molar-refractivity contribution in [2.75, 3.05) is 26.3 Å². The van der Waals surface area contributed by atoms with Crippen molar-refractivity contribution in [2.45, 2.75) is 17.9 Å². The molecule has 4 rings (SSSR count). The second-order valence-corrected chi connectivity index (χ2v) is 10.2. The number of nitrogens with zero attached hydrogens (tertiary/aromatic N) is 1. The summed E-state index contributed by atoms with van der Waals surface area (Å²) in [4.78, 5) is 15.2. The highest BCUT2D eigenvalue weighted by atomic mass is 127. The number of ether oxygens (including phenoxy) is 2. The van der Waals surface area contributed by atoms with E-state index in [4.69, 9.17) is 9.47 Å². The fourth-order valence-corrected chi connectivity index (χ4v) is 5.83. The number of aromatic nitrogens is 1. The number of fused-ring (bicyclic) bond motifs is 1. The largest absolute Gasteiger partial charge is 0.491 e. The fraction of sp³-hybridized carbons (Fsp3) is 0.286. The smallest absolute Gasteiger partial charge is 0.246 e. The van der Waals surface area contributed by atoms with E-state index in [1.54, 1.807) is 12.1 Å². The Morgan fingerprint density at radius 3 is 2.77 bits per heavy atom. The summed E-state index contributed by atoms with van der Waals surface area (Å²) in [5.41, 5.74) is 0.729. The lowest BCUT2D eigenvalue weighted by atomic mass is 10.2. The van der Waals surface area contributed by atoms with E-state index in [-0.39, 0.29) is 42.7 Å². The van der Waals surface area contributed by atoms with Crippen LogP contribution in [0.15, 0.2) is 53.4 Å². The lowest BCUT2D eigenvalue weighted by Gasteiger charge is -2.32. The minimum atomic E-state index is -3.91. The van der Waals surface area contributed by atoms with Crippen LogP contribution in [-0.4, -0.2) is 55.9 Å². The SMILES string of the molecule is CC(=O)c1[nH]c2ccc(I)cc2c1S(=O)(=O)N1CCO[C@H](COc2ccccc2)C1. The lowest BCUT2D eigenvalue weighted by molar-refractivity contribution is -0.0249. The van der Waals surface area contributed by atoms with Crippen LogP contribution >= 0.6 is 22.6 Å². The first-order valence-electron chi connectivity index (χ1n) is 9.48. The van der Waals surface area contributed by atoms with Crippen LogP contribution in [0, 0.1) is 3.57 Å². The van der Waals surface area contributed by atoms with Gasteiger partial charge >= 0.3 is 0 Å². The van der Waals surface area contributed by atoms with E-state index in [9.17, 15) is 13.2 Å². The lowest BCUT2D eigenvalue weighted by Crippen LogP contribution is -2.47. The Kier molecular flexibility index (Phi) is 6.14. The molecule has 7 nitrogen and oxygen atoms in total. The molecule has 0 spiro atoms. The molecule has 1 aromatic heterocycles. The molecule has 1 N–H and O–H groups in total. The molecular formula is C21H21IN2O5S. The summed E-state index contributed by atoms with van der Waals surface area (Å²) in [6.45, 7) is 2.24. The number of ketones is 1. The van der Waals surface area contributed by atoms with Crippen molar-refractivity contribution in [3.05, 3.63) is 57.8 Å². The molecule has 1 atom stereocenters. The second-order valence-electron chi connectivity index (χ2n) is 7.06. The number of morpholine rings is 1. The van der Waals surface area contributed by atoms with Crippen molar-refractivity contribution in [1.29, 1.82) is 0 Å². The minimum absolute atomic E-state index is 0.0353. The molecule has 0 unspecified atom stereocenters. The first-order valence-corrected chi connectivity index (χ1v) is 12.0. The van der Waals surface area contributed by atoms with E-state index in [0.717, 1.165) is 3.57 Å². The zero-order chi connectivity index (χ0) is 21.3. The first-order chi connectivity index (χ1) is 14.4. The summed E-state index contributed by atoms with van der Waals surface area (Å²) >= 11 is 2.13. The van der Waals surface area contributed by atoms with Crippen LogP contribution in [-0.2, 0) is 14.8 Å². The summed E-state index contributed by atoms with van der Waals surface area (Å²) in [5, 5.41) is 0.524. The Labute approximate surface area is 188 Å². The van der Waals surface area contributed by atoms with E-state index in [2.05, 4.69) is 27.6 Å². The molecule has 0 bridgehead atoms. The molecule has 2 heterocycles. The zero-order valence-corrected chi connectivity index (χ0v) is 19.3. The molecule has 2 aromatic carbocycles. The van der Waals surface area contributed by atoms with Gasteiger partial charge in [-0.25, -0.2) is 8.42 Å². The van der Waals surface area contributed by atoms with Crippen molar-refractivity contribution >= 4 is 49.3 Å². The Balaban J connectivity index is 1.62. The predicted molar refractivity (Wildman–Crippen MR) is 121 cm³/mol. The van der Waals surface area contributed by atoms with Crippen molar-refractivity contribution in [3.8, 4) is 5.75 Å². The Bertz CT molecular complexity index is 1180. The number of carbonyl (C=O) groups excluding carboxylic acids is 1. The third-order valence-corrected chi connectivity index (χ3v) is 7.57. The number of Topliss-reactive ketones (excluding diaryl/α,β-unsaturated/α-hetero) is 1. The van der Waals surface area contributed by atoms with Gasteiger partial charge in [0.1, 0.15) is 29.0 Å². The number of rotatable bonds is 6. The van der Waals surface area contributed by atoms with Gasteiger partial charge in [-0.15, -0.1) is 0 Å². The number of para-hydroxylation sites is 1. The maximum absolute atomic E-state index is 13.6. The first kappa shape index (κ1) is 21.3. The number of hydrogen-bond acceptors (Lipinski definition) is 5. The third-order valence-electron chi connectivity index (χ3n) is 4.94. The number of halogens is 1. The Hall–Kier alpha value is -1.95.